The van der Waals surface area contributed by atoms with E-state index in [0.717, 1.165) is 16.7 Å². The van der Waals surface area contributed by atoms with Crippen molar-refractivity contribution in [3.63, 3.8) is 0 Å². The van der Waals surface area contributed by atoms with Gasteiger partial charge in [0.2, 0.25) is 21.8 Å². The van der Waals surface area contributed by atoms with E-state index in [0.29, 0.717) is 25.3 Å². The molecule has 0 aliphatic heterocycles. The number of carbonyl (C=O) groups excluding carboxylic acids is 2. The molecule has 0 fully saturated rings. The molecule has 0 unspecified atom stereocenters. The molecule has 202 valence electrons. The van der Waals surface area contributed by atoms with Crippen molar-refractivity contribution in [1.29, 1.82) is 0 Å². The minimum atomic E-state index is -3.54. The van der Waals surface area contributed by atoms with Crippen molar-refractivity contribution in [3.05, 3.63) is 95.6 Å². The normalized spacial score (nSPS) is 12.0. The van der Waals surface area contributed by atoms with Crippen LogP contribution >= 0.6 is 0 Å². The topological polar surface area (TPSA) is 105 Å². The van der Waals surface area contributed by atoms with Crippen LogP contribution in [0.3, 0.4) is 0 Å². The Morgan fingerprint density at radius 2 is 1.53 bits per heavy atom. The number of rotatable bonds is 13. The monoisotopic (exact) mass is 537 g/mol. The van der Waals surface area contributed by atoms with Crippen molar-refractivity contribution in [1.82, 2.24) is 14.9 Å². The van der Waals surface area contributed by atoms with Crippen molar-refractivity contribution >= 4 is 21.8 Å². The number of nitrogens with one attached hydrogen (secondary N) is 2. The lowest BCUT2D eigenvalue weighted by Crippen LogP contribution is -2.47. The summed E-state index contributed by atoms with van der Waals surface area (Å²) in [4.78, 5) is 28.2. The molecule has 3 aromatic carbocycles. The maximum Gasteiger partial charge on any atom is 0.242 e. The molecule has 0 aliphatic carbocycles. The summed E-state index contributed by atoms with van der Waals surface area (Å²) in [5.74, 6) is 0.293. The molecule has 0 aromatic heterocycles. The van der Waals surface area contributed by atoms with E-state index in [9.17, 15) is 18.0 Å². The molecule has 38 heavy (non-hydrogen) atoms. The smallest absolute Gasteiger partial charge is 0.242 e. The molecular formula is C29H35N3O5S. The number of carbonyl (C=O) groups is 2. The molecule has 3 rings (SSSR count). The van der Waals surface area contributed by atoms with Gasteiger partial charge in [0.15, 0.2) is 0 Å². The minimum absolute atomic E-state index is 0.172. The highest BCUT2D eigenvalue weighted by molar-refractivity contribution is 7.89. The zero-order valence-corrected chi connectivity index (χ0v) is 22.8. The largest absolute Gasteiger partial charge is 0.497 e. The predicted octanol–water partition coefficient (Wildman–Crippen LogP) is 3.66. The SMILES string of the molecule is CCNS(=O)(=O)c1ccc(CCC(=O)N(Cc2ccc(OC)cc2)[C@@H](C)C(=O)NCc2ccccc2)cc1. The summed E-state index contributed by atoms with van der Waals surface area (Å²) in [6.45, 7) is 4.39. The van der Waals surface area contributed by atoms with E-state index < -0.39 is 16.1 Å². The molecule has 0 saturated carbocycles. The van der Waals surface area contributed by atoms with Crippen molar-refractivity contribution in [3.8, 4) is 5.75 Å². The Bertz CT molecular complexity index is 1290. The minimum Gasteiger partial charge on any atom is -0.497 e. The zero-order valence-electron chi connectivity index (χ0n) is 22.0. The molecule has 2 amide bonds. The van der Waals surface area contributed by atoms with Gasteiger partial charge in [-0.25, -0.2) is 13.1 Å². The van der Waals surface area contributed by atoms with Crippen LogP contribution in [0.4, 0.5) is 0 Å². The van der Waals surface area contributed by atoms with Crippen LogP contribution < -0.4 is 14.8 Å². The Morgan fingerprint density at radius 1 is 0.895 bits per heavy atom. The first-order chi connectivity index (χ1) is 18.2. The standard InChI is InChI=1S/C29H35N3O5S/c1-4-31-38(35,36)27-17-12-23(13-18-27)14-19-28(33)32(21-25-10-15-26(37-3)16-11-25)22(2)29(34)30-20-24-8-6-5-7-9-24/h5-13,15-18,22,31H,4,14,19-21H2,1-3H3,(H,30,34)/t22-/m0/s1. The van der Waals surface area contributed by atoms with Crippen LogP contribution in [0.1, 0.15) is 37.0 Å². The number of sulfonamides is 1. The van der Waals surface area contributed by atoms with Crippen LogP contribution in [0.15, 0.2) is 83.8 Å². The number of hydrogen-bond donors (Lipinski definition) is 2. The summed E-state index contributed by atoms with van der Waals surface area (Å²) in [7, 11) is -1.95. The third-order valence-electron chi connectivity index (χ3n) is 6.18. The summed E-state index contributed by atoms with van der Waals surface area (Å²) in [5, 5.41) is 2.93. The Hall–Kier alpha value is -3.69. The number of ether oxygens (including phenoxy) is 1. The first kappa shape index (κ1) is 28.9. The molecule has 0 aliphatic rings. The summed E-state index contributed by atoms with van der Waals surface area (Å²) >= 11 is 0. The molecule has 0 heterocycles. The molecule has 9 heteroatoms. The molecule has 1 atom stereocenters. The van der Waals surface area contributed by atoms with Gasteiger partial charge in [-0.05, 0) is 54.3 Å². The van der Waals surface area contributed by atoms with Gasteiger partial charge in [-0.1, -0.05) is 61.5 Å². The van der Waals surface area contributed by atoms with Gasteiger partial charge in [-0.2, -0.15) is 0 Å². The van der Waals surface area contributed by atoms with Crippen molar-refractivity contribution < 1.29 is 22.7 Å². The number of nitrogens with zero attached hydrogens (tertiary/aromatic N) is 1. The summed E-state index contributed by atoms with van der Waals surface area (Å²) < 4.78 is 32.0. The van der Waals surface area contributed by atoms with Gasteiger partial charge >= 0.3 is 0 Å². The van der Waals surface area contributed by atoms with Crippen molar-refractivity contribution in [2.45, 2.75) is 50.7 Å². The fraction of sp³-hybridized carbons (Fsp3) is 0.310. The Balaban J connectivity index is 1.70. The van der Waals surface area contributed by atoms with Gasteiger partial charge in [0.25, 0.3) is 0 Å². The fourth-order valence-corrected chi connectivity index (χ4v) is 4.99. The molecule has 3 aromatic rings. The third kappa shape index (κ3) is 8.16. The van der Waals surface area contributed by atoms with Gasteiger partial charge in [-0.3, -0.25) is 9.59 Å². The second-order valence-corrected chi connectivity index (χ2v) is 10.7. The Kier molecular flexibility index (Phi) is 10.4. The number of benzene rings is 3. The van der Waals surface area contributed by atoms with Crippen LogP contribution in [0.25, 0.3) is 0 Å². The lowest BCUT2D eigenvalue weighted by Gasteiger charge is -2.29. The summed E-state index contributed by atoms with van der Waals surface area (Å²) in [5.41, 5.74) is 2.68. The molecule has 0 radical (unpaired) electrons. The van der Waals surface area contributed by atoms with E-state index in [-0.39, 0.29) is 29.7 Å². The van der Waals surface area contributed by atoms with Crippen molar-refractivity contribution in [2.75, 3.05) is 13.7 Å². The van der Waals surface area contributed by atoms with E-state index in [2.05, 4.69) is 10.0 Å². The predicted molar refractivity (Wildman–Crippen MR) is 147 cm³/mol. The molecule has 0 bridgehead atoms. The maximum atomic E-state index is 13.4. The number of hydrogen-bond acceptors (Lipinski definition) is 5. The average molecular weight is 538 g/mol. The lowest BCUT2D eigenvalue weighted by molar-refractivity contribution is -0.140. The first-order valence-electron chi connectivity index (χ1n) is 12.6. The van der Waals surface area contributed by atoms with Crippen molar-refractivity contribution in [2.24, 2.45) is 0 Å². The van der Waals surface area contributed by atoms with E-state index in [1.165, 1.54) is 12.1 Å². The quantitative estimate of drug-likeness (QED) is 0.346. The van der Waals surface area contributed by atoms with Gasteiger partial charge in [0.05, 0.1) is 12.0 Å². The van der Waals surface area contributed by atoms with Crippen LogP contribution in [-0.4, -0.2) is 44.8 Å². The van der Waals surface area contributed by atoms with Gasteiger partial charge in [-0.15, -0.1) is 0 Å². The maximum absolute atomic E-state index is 13.4. The molecule has 2 N–H and O–H groups in total. The summed E-state index contributed by atoms with van der Waals surface area (Å²) in [6, 6.07) is 22.8. The number of methoxy groups -OCH3 is 1. The second-order valence-electron chi connectivity index (χ2n) is 8.89. The van der Waals surface area contributed by atoms with E-state index in [1.807, 2.05) is 54.6 Å². The highest BCUT2D eigenvalue weighted by atomic mass is 32.2. The fourth-order valence-electron chi connectivity index (χ4n) is 3.95. The van der Waals surface area contributed by atoms with Crippen LogP contribution in [0.2, 0.25) is 0 Å². The van der Waals surface area contributed by atoms with Crippen LogP contribution in [0, 0.1) is 0 Å². The molecule has 0 spiro atoms. The Morgan fingerprint density at radius 3 is 2.13 bits per heavy atom. The number of aryl methyl sites for hydroxylation is 1. The van der Waals surface area contributed by atoms with Gasteiger partial charge in [0, 0.05) is 26.1 Å². The Labute approximate surface area is 225 Å². The van der Waals surface area contributed by atoms with Crippen LogP contribution in [0.5, 0.6) is 5.75 Å². The third-order valence-corrected chi connectivity index (χ3v) is 7.75. The number of amides is 2. The highest BCUT2D eigenvalue weighted by Gasteiger charge is 2.26. The highest BCUT2D eigenvalue weighted by Crippen LogP contribution is 2.17. The van der Waals surface area contributed by atoms with Gasteiger partial charge < -0.3 is 15.0 Å². The zero-order chi connectivity index (χ0) is 27.5. The first-order valence-corrected chi connectivity index (χ1v) is 14.0. The molecular weight excluding hydrogens is 502 g/mol. The van der Waals surface area contributed by atoms with E-state index in [4.69, 9.17) is 4.74 Å². The lowest BCUT2D eigenvalue weighted by atomic mass is 10.1. The van der Waals surface area contributed by atoms with E-state index in [1.54, 1.807) is 38.0 Å². The molecule has 8 nitrogen and oxygen atoms in total. The molecule has 0 saturated heterocycles. The van der Waals surface area contributed by atoms with Gasteiger partial charge in [0.1, 0.15) is 11.8 Å². The van der Waals surface area contributed by atoms with E-state index >= 15 is 0 Å². The second kappa shape index (κ2) is 13.7. The van der Waals surface area contributed by atoms with Crippen LogP contribution in [-0.2, 0) is 39.1 Å². The summed E-state index contributed by atoms with van der Waals surface area (Å²) in [6.07, 6.45) is 0.587. The average Bonchev–Trinajstić information content (AvgIpc) is 2.94.